The van der Waals surface area contributed by atoms with E-state index in [1.165, 1.54) is 36.6 Å². The molecule has 3 aromatic heterocycles. The predicted octanol–water partition coefficient (Wildman–Crippen LogP) is 4.17. The summed E-state index contributed by atoms with van der Waals surface area (Å²) in [5.41, 5.74) is 3.02. The minimum absolute atomic E-state index is 0.312. The molecule has 2 N–H and O–H groups in total. The van der Waals surface area contributed by atoms with Crippen LogP contribution in [0.2, 0.25) is 0 Å². The van der Waals surface area contributed by atoms with Crippen molar-refractivity contribution in [3.05, 3.63) is 64.7 Å². The van der Waals surface area contributed by atoms with Crippen LogP contribution < -0.4 is 5.32 Å². The van der Waals surface area contributed by atoms with Gasteiger partial charge in [0, 0.05) is 34.3 Å². The van der Waals surface area contributed by atoms with E-state index in [1.54, 1.807) is 30.6 Å². The number of nitrogens with zero attached hydrogens (tertiary/aromatic N) is 2. The molecule has 0 saturated heterocycles. The van der Waals surface area contributed by atoms with Crippen LogP contribution in [0, 0.1) is 12.7 Å². The molecular formula is C20H15FN4O3S. The number of esters is 1. The second-order valence-electron chi connectivity index (χ2n) is 6.26. The van der Waals surface area contributed by atoms with Gasteiger partial charge in [-0.15, -0.1) is 11.3 Å². The number of pyridine rings is 1. The van der Waals surface area contributed by atoms with Crippen molar-refractivity contribution in [2.45, 2.75) is 6.92 Å². The highest BCUT2D eigenvalue weighted by Crippen LogP contribution is 2.27. The molecule has 0 spiro atoms. The first-order valence-corrected chi connectivity index (χ1v) is 9.43. The number of fused-ring (bicyclic) bond motifs is 1. The number of anilines is 1. The van der Waals surface area contributed by atoms with E-state index >= 15 is 0 Å². The lowest BCUT2D eigenvalue weighted by atomic mass is 10.1. The second-order valence-corrected chi connectivity index (χ2v) is 7.12. The predicted molar refractivity (Wildman–Crippen MR) is 108 cm³/mol. The minimum Gasteiger partial charge on any atom is -0.464 e. The van der Waals surface area contributed by atoms with Crippen LogP contribution in [0.25, 0.3) is 22.2 Å². The lowest BCUT2D eigenvalue weighted by Gasteiger charge is -2.07. The molecule has 4 aromatic rings. The number of ether oxygens (including phenoxy) is 1. The normalized spacial score (nSPS) is 10.9. The number of aromatic nitrogens is 3. The summed E-state index contributed by atoms with van der Waals surface area (Å²) in [7, 11) is 1.30. The van der Waals surface area contributed by atoms with Crippen LogP contribution in [0.4, 0.5) is 9.52 Å². The summed E-state index contributed by atoms with van der Waals surface area (Å²) in [6, 6.07) is 7.40. The van der Waals surface area contributed by atoms with E-state index in [0.717, 1.165) is 0 Å². The van der Waals surface area contributed by atoms with Gasteiger partial charge in [-0.05, 0) is 31.2 Å². The maximum atomic E-state index is 13.5. The Hall–Kier alpha value is -3.59. The molecule has 0 radical (unpaired) electrons. The molecule has 146 valence electrons. The lowest BCUT2D eigenvalue weighted by Crippen LogP contribution is -2.13. The largest absolute Gasteiger partial charge is 0.464 e. The molecule has 0 aliphatic carbocycles. The SMILES string of the molecule is COC(=O)c1cc(-c2csc(NC(=O)c3cc(C)nc4cc(F)ccc34)n2)c[nH]1. The smallest absolute Gasteiger partial charge is 0.354 e. The molecule has 0 unspecified atom stereocenters. The van der Waals surface area contributed by atoms with Crippen molar-refractivity contribution >= 4 is 39.2 Å². The van der Waals surface area contributed by atoms with Crippen LogP contribution in [-0.4, -0.2) is 33.9 Å². The van der Waals surface area contributed by atoms with Crippen LogP contribution in [0.5, 0.6) is 0 Å². The summed E-state index contributed by atoms with van der Waals surface area (Å²) in [4.78, 5) is 35.9. The number of carbonyl (C=O) groups is 2. The molecule has 0 saturated carbocycles. The number of hydrogen-bond donors (Lipinski definition) is 2. The van der Waals surface area contributed by atoms with E-state index in [2.05, 4.69) is 25.0 Å². The number of rotatable bonds is 4. The Morgan fingerprint density at radius 3 is 2.83 bits per heavy atom. The third-order valence-electron chi connectivity index (χ3n) is 4.25. The molecule has 0 aliphatic rings. The fourth-order valence-corrected chi connectivity index (χ4v) is 3.63. The minimum atomic E-state index is -0.476. The van der Waals surface area contributed by atoms with Crippen LogP contribution in [-0.2, 0) is 4.74 Å². The molecule has 7 nitrogen and oxygen atoms in total. The van der Waals surface area contributed by atoms with E-state index in [-0.39, 0.29) is 5.91 Å². The highest BCUT2D eigenvalue weighted by Gasteiger charge is 2.16. The van der Waals surface area contributed by atoms with E-state index in [1.807, 2.05) is 0 Å². The van der Waals surface area contributed by atoms with Crippen LogP contribution >= 0.6 is 11.3 Å². The summed E-state index contributed by atoms with van der Waals surface area (Å²) in [5.74, 6) is -1.25. The third kappa shape index (κ3) is 3.72. The van der Waals surface area contributed by atoms with Crippen molar-refractivity contribution < 1.29 is 18.7 Å². The van der Waals surface area contributed by atoms with Crippen LogP contribution in [0.3, 0.4) is 0 Å². The topological polar surface area (TPSA) is 97.0 Å². The average Bonchev–Trinajstić information content (AvgIpc) is 3.35. The molecule has 1 amide bonds. The monoisotopic (exact) mass is 410 g/mol. The van der Waals surface area contributed by atoms with Gasteiger partial charge in [0.05, 0.1) is 23.9 Å². The fourth-order valence-electron chi connectivity index (χ4n) is 2.92. The molecule has 0 bridgehead atoms. The quantitative estimate of drug-likeness (QED) is 0.492. The lowest BCUT2D eigenvalue weighted by molar-refractivity contribution is 0.0594. The summed E-state index contributed by atoms with van der Waals surface area (Å²) >= 11 is 1.25. The molecular weight excluding hydrogens is 395 g/mol. The van der Waals surface area contributed by atoms with Crippen molar-refractivity contribution in [3.63, 3.8) is 0 Å². The third-order valence-corrected chi connectivity index (χ3v) is 5.01. The number of methoxy groups -OCH3 is 1. The molecule has 0 fully saturated rings. The van der Waals surface area contributed by atoms with Gasteiger partial charge >= 0.3 is 5.97 Å². The molecule has 4 rings (SSSR count). The van der Waals surface area contributed by atoms with E-state index in [0.29, 0.717) is 44.2 Å². The number of carbonyl (C=O) groups excluding carboxylic acids is 2. The number of nitrogens with one attached hydrogen (secondary N) is 2. The Bertz CT molecular complexity index is 1240. The van der Waals surface area contributed by atoms with E-state index < -0.39 is 11.8 Å². The summed E-state index contributed by atoms with van der Waals surface area (Å²) in [6.45, 7) is 1.74. The Kier molecular flexibility index (Phi) is 4.81. The Morgan fingerprint density at radius 1 is 1.21 bits per heavy atom. The van der Waals surface area contributed by atoms with Crippen molar-refractivity contribution in [1.29, 1.82) is 0 Å². The number of H-pyrrole nitrogens is 1. The van der Waals surface area contributed by atoms with Gasteiger partial charge in [-0.1, -0.05) is 0 Å². The number of aryl methyl sites for hydroxylation is 1. The van der Waals surface area contributed by atoms with Gasteiger partial charge in [-0.25, -0.2) is 14.2 Å². The molecule has 0 atom stereocenters. The summed E-state index contributed by atoms with van der Waals surface area (Å²) in [5, 5.41) is 5.49. The summed E-state index contributed by atoms with van der Waals surface area (Å²) in [6.07, 6.45) is 1.64. The van der Waals surface area contributed by atoms with Crippen molar-refractivity contribution in [1.82, 2.24) is 15.0 Å². The average molecular weight is 410 g/mol. The Morgan fingerprint density at radius 2 is 2.03 bits per heavy atom. The standard InChI is InChI=1S/C20H15FN4O3S/c1-10-5-14(13-4-3-12(21)7-15(13)23-10)18(26)25-20-24-17(9-29-20)11-6-16(22-8-11)19(27)28-2/h3-9,22H,1-2H3,(H,24,25,26). The first-order chi connectivity index (χ1) is 13.9. The van der Waals surface area contributed by atoms with Gasteiger partial charge in [0.25, 0.3) is 5.91 Å². The highest BCUT2D eigenvalue weighted by molar-refractivity contribution is 7.14. The fraction of sp³-hybridized carbons (Fsp3) is 0.100. The molecule has 9 heteroatoms. The van der Waals surface area contributed by atoms with E-state index in [9.17, 15) is 14.0 Å². The van der Waals surface area contributed by atoms with Crippen LogP contribution in [0.15, 0.2) is 41.9 Å². The number of aromatic amines is 1. The van der Waals surface area contributed by atoms with E-state index in [4.69, 9.17) is 0 Å². The molecule has 3 heterocycles. The number of halogens is 1. The zero-order chi connectivity index (χ0) is 20.5. The first kappa shape index (κ1) is 18.8. The van der Waals surface area contributed by atoms with Crippen molar-refractivity contribution in [2.24, 2.45) is 0 Å². The zero-order valence-electron chi connectivity index (χ0n) is 15.4. The van der Waals surface area contributed by atoms with Gasteiger partial charge in [-0.3, -0.25) is 15.1 Å². The van der Waals surface area contributed by atoms with Crippen molar-refractivity contribution in [3.8, 4) is 11.3 Å². The van der Waals surface area contributed by atoms with Gasteiger partial charge in [0.2, 0.25) is 0 Å². The molecule has 1 aromatic carbocycles. The van der Waals surface area contributed by atoms with Crippen LogP contribution in [0.1, 0.15) is 26.5 Å². The number of thiazole rings is 1. The van der Waals surface area contributed by atoms with Gasteiger partial charge in [0.1, 0.15) is 11.5 Å². The maximum Gasteiger partial charge on any atom is 0.354 e. The number of amides is 1. The van der Waals surface area contributed by atoms with Gasteiger partial charge < -0.3 is 9.72 Å². The van der Waals surface area contributed by atoms with Gasteiger partial charge in [0.15, 0.2) is 5.13 Å². The number of hydrogen-bond acceptors (Lipinski definition) is 6. The zero-order valence-corrected chi connectivity index (χ0v) is 16.3. The Balaban J connectivity index is 1.59. The Labute approximate surface area is 168 Å². The summed E-state index contributed by atoms with van der Waals surface area (Å²) < 4.78 is 18.2. The highest BCUT2D eigenvalue weighted by atomic mass is 32.1. The second kappa shape index (κ2) is 7.44. The molecule has 0 aliphatic heterocycles. The molecule has 29 heavy (non-hydrogen) atoms. The van der Waals surface area contributed by atoms with Gasteiger partial charge in [-0.2, -0.15) is 0 Å². The maximum absolute atomic E-state index is 13.5. The first-order valence-electron chi connectivity index (χ1n) is 8.55. The van der Waals surface area contributed by atoms with Crippen molar-refractivity contribution in [2.75, 3.05) is 12.4 Å². The number of benzene rings is 1.